The van der Waals surface area contributed by atoms with Gasteiger partial charge in [-0.25, -0.2) is 9.78 Å². The summed E-state index contributed by atoms with van der Waals surface area (Å²) in [5, 5.41) is 13.3. The van der Waals surface area contributed by atoms with Gasteiger partial charge in [0.2, 0.25) is 5.91 Å². The van der Waals surface area contributed by atoms with Crippen LogP contribution in [0.2, 0.25) is 0 Å². The zero-order chi connectivity index (χ0) is 23.3. The minimum absolute atomic E-state index is 0.0297. The molecule has 3 heterocycles. The maximum absolute atomic E-state index is 12.6. The molecule has 0 saturated carbocycles. The van der Waals surface area contributed by atoms with Gasteiger partial charge in [-0.2, -0.15) is 0 Å². The van der Waals surface area contributed by atoms with Crippen LogP contribution in [0.5, 0.6) is 0 Å². The van der Waals surface area contributed by atoms with E-state index in [1.54, 1.807) is 27.0 Å². The number of imidazole rings is 1. The largest absolute Gasteiger partial charge is 0.444 e. The highest BCUT2D eigenvalue weighted by Crippen LogP contribution is 2.30. The van der Waals surface area contributed by atoms with E-state index in [0.717, 1.165) is 64.2 Å². The SMILES string of the molecule is Cn1ccnc1[C@@H](O)C1CCN(C[C@H]2CCCN(C(=O)CNC(=O)OC(C)(C)C)C2)CC1. The van der Waals surface area contributed by atoms with Crippen LogP contribution in [0.4, 0.5) is 4.79 Å². The van der Waals surface area contributed by atoms with Gasteiger partial charge in [-0.3, -0.25) is 4.79 Å². The molecule has 3 rings (SSSR count). The first-order valence-electron chi connectivity index (χ1n) is 11.7. The number of nitrogens with zero attached hydrogens (tertiary/aromatic N) is 4. The van der Waals surface area contributed by atoms with Crippen LogP contribution >= 0.6 is 0 Å². The summed E-state index contributed by atoms with van der Waals surface area (Å²) in [5.41, 5.74) is -0.579. The normalized spacial score (nSPS) is 21.9. The molecular formula is C23H39N5O4. The Balaban J connectivity index is 1.40. The van der Waals surface area contributed by atoms with E-state index < -0.39 is 17.8 Å². The first-order valence-corrected chi connectivity index (χ1v) is 11.7. The maximum Gasteiger partial charge on any atom is 0.408 e. The Labute approximate surface area is 191 Å². The lowest BCUT2D eigenvalue weighted by molar-refractivity contribution is -0.132. The van der Waals surface area contributed by atoms with Crippen molar-refractivity contribution in [2.24, 2.45) is 18.9 Å². The van der Waals surface area contributed by atoms with Crippen LogP contribution in [0.25, 0.3) is 0 Å². The van der Waals surface area contributed by atoms with Crippen LogP contribution in [0, 0.1) is 11.8 Å². The molecule has 0 radical (unpaired) electrons. The molecule has 2 N–H and O–H groups in total. The third-order valence-electron chi connectivity index (χ3n) is 6.37. The molecule has 2 atom stereocenters. The molecule has 9 nitrogen and oxygen atoms in total. The number of aliphatic hydroxyl groups excluding tert-OH is 1. The van der Waals surface area contributed by atoms with Gasteiger partial charge in [0.1, 0.15) is 24.1 Å². The molecule has 2 saturated heterocycles. The van der Waals surface area contributed by atoms with E-state index in [4.69, 9.17) is 4.74 Å². The van der Waals surface area contributed by atoms with Crippen molar-refractivity contribution in [1.29, 1.82) is 0 Å². The number of hydrogen-bond acceptors (Lipinski definition) is 6. The average molecular weight is 450 g/mol. The predicted octanol–water partition coefficient (Wildman–Crippen LogP) is 1.93. The highest BCUT2D eigenvalue weighted by molar-refractivity contribution is 5.82. The highest BCUT2D eigenvalue weighted by atomic mass is 16.6. The van der Waals surface area contributed by atoms with Crippen LogP contribution < -0.4 is 5.32 Å². The number of aromatic nitrogens is 2. The Bertz CT molecular complexity index is 767. The van der Waals surface area contributed by atoms with Gasteiger partial charge < -0.3 is 29.5 Å². The highest BCUT2D eigenvalue weighted by Gasteiger charge is 2.31. The number of carbonyl (C=O) groups excluding carboxylic acids is 2. The molecule has 0 aliphatic carbocycles. The molecule has 1 aromatic rings. The number of likely N-dealkylation sites (tertiary alicyclic amines) is 2. The minimum atomic E-state index is -0.579. The van der Waals surface area contributed by atoms with E-state index in [2.05, 4.69) is 15.2 Å². The van der Waals surface area contributed by atoms with Gasteiger partial charge >= 0.3 is 6.09 Å². The number of ether oxygens (including phenoxy) is 1. The molecule has 1 aromatic heterocycles. The number of aliphatic hydroxyl groups is 1. The van der Waals surface area contributed by atoms with Crippen LogP contribution in [0.15, 0.2) is 12.4 Å². The molecule has 32 heavy (non-hydrogen) atoms. The summed E-state index contributed by atoms with van der Waals surface area (Å²) in [7, 11) is 1.92. The molecule has 2 amide bonds. The monoisotopic (exact) mass is 449 g/mol. The Hall–Kier alpha value is -2.13. The molecule has 0 aromatic carbocycles. The van der Waals surface area contributed by atoms with Gasteiger partial charge in [0.05, 0.1) is 0 Å². The number of alkyl carbamates (subject to hydrolysis) is 1. The standard InChI is InChI=1S/C23H39N5O4/c1-23(2,3)32-22(31)25-14-19(29)28-10-5-6-17(16-28)15-27-11-7-18(8-12-27)20(30)21-24-9-13-26(21)4/h9,13,17-18,20,30H,5-8,10-12,14-16H2,1-4H3,(H,25,31)/t17-,20+/m1/s1. The number of hydrogen-bond donors (Lipinski definition) is 2. The molecule has 180 valence electrons. The smallest absolute Gasteiger partial charge is 0.408 e. The number of carbonyl (C=O) groups is 2. The van der Waals surface area contributed by atoms with E-state index in [0.29, 0.717) is 5.92 Å². The van der Waals surface area contributed by atoms with Crippen molar-refractivity contribution in [1.82, 2.24) is 24.7 Å². The van der Waals surface area contributed by atoms with Crippen LogP contribution in [0.3, 0.4) is 0 Å². The van der Waals surface area contributed by atoms with E-state index in [1.807, 2.05) is 22.7 Å². The number of aryl methyl sites for hydroxylation is 1. The molecular weight excluding hydrogens is 410 g/mol. The average Bonchev–Trinajstić information content (AvgIpc) is 3.17. The summed E-state index contributed by atoms with van der Waals surface area (Å²) in [5.74, 6) is 1.35. The van der Waals surface area contributed by atoms with Crippen molar-refractivity contribution in [3.05, 3.63) is 18.2 Å². The van der Waals surface area contributed by atoms with Crippen molar-refractivity contribution in [3.8, 4) is 0 Å². The molecule has 0 spiro atoms. The number of piperidine rings is 2. The molecule has 0 bridgehead atoms. The fourth-order valence-corrected chi connectivity index (χ4v) is 4.70. The van der Waals surface area contributed by atoms with Crippen molar-refractivity contribution >= 4 is 12.0 Å². The van der Waals surface area contributed by atoms with Crippen molar-refractivity contribution in [2.45, 2.75) is 58.2 Å². The van der Waals surface area contributed by atoms with E-state index in [9.17, 15) is 14.7 Å². The first kappa shape index (κ1) is 24.5. The van der Waals surface area contributed by atoms with Gasteiger partial charge in [0, 0.05) is 39.1 Å². The third-order valence-corrected chi connectivity index (χ3v) is 6.37. The lowest BCUT2D eigenvalue weighted by atomic mass is 9.89. The molecule has 2 fully saturated rings. The summed E-state index contributed by atoms with van der Waals surface area (Å²) in [6.45, 7) is 9.71. The fraction of sp³-hybridized carbons (Fsp3) is 0.783. The Kier molecular flexibility index (Phi) is 8.16. The Morgan fingerprint density at radius 1 is 1.25 bits per heavy atom. The topological polar surface area (TPSA) is 99.9 Å². The number of rotatable bonds is 6. The van der Waals surface area contributed by atoms with Crippen molar-refractivity contribution in [3.63, 3.8) is 0 Å². The molecule has 2 aliphatic heterocycles. The Morgan fingerprint density at radius 3 is 2.59 bits per heavy atom. The van der Waals surface area contributed by atoms with Crippen LogP contribution in [-0.4, -0.2) is 81.3 Å². The van der Waals surface area contributed by atoms with Gasteiger partial charge in [-0.1, -0.05) is 0 Å². The second-order valence-electron chi connectivity index (χ2n) is 10.2. The fourth-order valence-electron chi connectivity index (χ4n) is 4.70. The second-order valence-corrected chi connectivity index (χ2v) is 10.2. The predicted molar refractivity (Wildman–Crippen MR) is 121 cm³/mol. The van der Waals surface area contributed by atoms with Crippen LogP contribution in [0.1, 0.15) is 58.4 Å². The molecule has 9 heteroatoms. The maximum atomic E-state index is 12.6. The minimum Gasteiger partial charge on any atom is -0.444 e. The summed E-state index contributed by atoms with van der Waals surface area (Å²) in [6, 6.07) is 0. The van der Waals surface area contributed by atoms with Gasteiger partial charge in [-0.15, -0.1) is 0 Å². The number of amides is 2. The second kappa shape index (κ2) is 10.7. The van der Waals surface area contributed by atoms with Gasteiger partial charge in [0.25, 0.3) is 0 Å². The third kappa shape index (κ3) is 6.93. The first-order chi connectivity index (χ1) is 15.1. The van der Waals surface area contributed by atoms with E-state index in [1.165, 1.54) is 0 Å². The lowest BCUT2D eigenvalue weighted by Crippen LogP contribution is -2.48. The van der Waals surface area contributed by atoms with Crippen molar-refractivity contribution < 1.29 is 19.4 Å². The summed E-state index contributed by atoms with van der Waals surface area (Å²) < 4.78 is 7.09. The summed E-state index contributed by atoms with van der Waals surface area (Å²) in [4.78, 5) is 33.0. The van der Waals surface area contributed by atoms with E-state index >= 15 is 0 Å². The zero-order valence-corrected chi connectivity index (χ0v) is 19.9. The van der Waals surface area contributed by atoms with Gasteiger partial charge in [-0.05, 0) is 71.4 Å². The van der Waals surface area contributed by atoms with Gasteiger partial charge in [0.15, 0.2) is 0 Å². The zero-order valence-electron chi connectivity index (χ0n) is 19.9. The van der Waals surface area contributed by atoms with E-state index in [-0.39, 0.29) is 18.4 Å². The lowest BCUT2D eigenvalue weighted by Gasteiger charge is -2.39. The van der Waals surface area contributed by atoms with Crippen molar-refractivity contribution in [2.75, 3.05) is 39.3 Å². The quantitative estimate of drug-likeness (QED) is 0.688. The molecule has 2 aliphatic rings. The molecule has 0 unspecified atom stereocenters. The summed E-state index contributed by atoms with van der Waals surface area (Å²) >= 11 is 0. The number of nitrogens with one attached hydrogen (secondary N) is 1. The Morgan fingerprint density at radius 2 is 1.97 bits per heavy atom. The summed E-state index contributed by atoms with van der Waals surface area (Å²) in [6.07, 6.45) is 6.51. The van der Waals surface area contributed by atoms with Crippen LogP contribution in [-0.2, 0) is 16.6 Å².